The Bertz CT molecular complexity index is 561. The number of pyridine rings is 2. The average molecular weight is 250 g/mol. The summed E-state index contributed by atoms with van der Waals surface area (Å²) in [7, 11) is 0. The quantitative estimate of drug-likeness (QED) is 0.729. The van der Waals surface area contributed by atoms with Gasteiger partial charge in [-0.3, -0.25) is 4.98 Å². The van der Waals surface area contributed by atoms with E-state index < -0.39 is 0 Å². The van der Waals surface area contributed by atoms with Gasteiger partial charge < -0.3 is 0 Å². The summed E-state index contributed by atoms with van der Waals surface area (Å²) in [6.07, 6.45) is 3.29. The zero-order valence-electron chi connectivity index (χ0n) is 7.98. The van der Waals surface area contributed by atoms with E-state index in [4.69, 9.17) is 28.5 Å². The van der Waals surface area contributed by atoms with Crippen molar-refractivity contribution in [1.82, 2.24) is 9.97 Å². The van der Waals surface area contributed by atoms with Crippen molar-refractivity contribution in [2.75, 3.05) is 0 Å². The Kier molecular flexibility index (Phi) is 3.04. The monoisotopic (exact) mass is 249 g/mol. The molecule has 5 heteroatoms. The molecule has 0 spiro atoms. The Balaban J connectivity index is 2.70. The predicted octanol–water partition coefficient (Wildman–Crippen LogP) is 3.32. The molecule has 0 fully saturated rings. The summed E-state index contributed by atoms with van der Waals surface area (Å²) in [5, 5.41) is 9.37. The van der Waals surface area contributed by atoms with Crippen LogP contribution in [0.3, 0.4) is 0 Å². The molecule has 0 amide bonds. The minimum atomic E-state index is 0.105. The molecule has 16 heavy (non-hydrogen) atoms. The zero-order valence-corrected chi connectivity index (χ0v) is 9.50. The fourth-order valence-electron chi connectivity index (χ4n) is 1.34. The molecule has 2 heterocycles. The first-order valence-corrected chi connectivity index (χ1v) is 5.14. The first-order chi connectivity index (χ1) is 7.72. The van der Waals surface area contributed by atoms with Gasteiger partial charge in [-0.05, 0) is 12.1 Å². The molecule has 0 aromatic carbocycles. The molecule has 0 unspecified atom stereocenters. The van der Waals surface area contributed by atoms with Crippen molar-refractivity contribution < 1.29 is 0 Å². The SMILES string of the molecule is N#Cc1c(-c2cccnc2)cc(Cl)nc1Cl. The lowest BCUT2D eigenvalue weighted by Crippen LogP contribution is -1.90. The lowest BCUT2D eigenvalue weighted by molar-refractivity contribution is 1.28. The van der Waals surface area contributed by atoms with Crippen molar-refractivity contribution in [1.29, 1.82) is 5.26 Å². The van der Waals surface area contributed by atoms with Gasteiger partial charge in [0.15, 0.2) is 0 Å². The summed E-state index contributed by atoms with van der Waals surface area (Å²) in [4.78, 5) is 7.80. The van der Waals surface area contributed by atoms with Crippen LogP contribution >= 0.6 is 23.2 Å². The van der Waals surface area contributed by atoms with Gasteiger partial charge in [0.05, 0.1) is 5.56 Å². The van der Waals surface area contributed by atoms with Crippen molar-refractivity contribution in [2.24, 2.45) is 0 Å². The van der Waals surface area contributed by atoms with Crippen LogP contribution in [0.1, 0.15) is 5.56 Å². The maximum Gasteiger partial charge on any atom is 0.149 e. The summed E-state index contributed by atoms with van der Waals surface area (Å²) < 4.78 is 0. The molecule has 2 rings (SSSR count). The summed E-state index contributed by atoms with van der Waals surface area (Å²) in [5.74, 6) is 0. The molecule has 78 valence electrons. The van der Waals surface area contributed by atoms with Gasteiger partial charge in [-0.1, -0.05) is 29.3 Å². The lowest BCUT2D eigenvalue weighted by Gasteiger charge is -2.05. The third kappa shape index (κ3) is 1.99. The van der Waals surface area contributed by atoms with Gasteiger partial charge in [0.2, 0.25) is 0 Å². The molecule has 0 bridgehead atoms. The highest BCUT2D eigenvalue weighted by molar-refractivity contribution is 6.33. The molecule has 0 radical (unpaired) electrons. The highest BCUT2D eigenvalue weighted by atomic mass is 35.5. The van der Waals surface area contributed by atoms with Crippen molar-refractivity contribution >= 4 is 23.2 Å². The third-order valence-electron chi connectivity index (χ3n) is 2.03. The summed E-state index contributed by atoms with van der Waals surface area (Å²) >= 11 is 11.6. The van der Waals surface area contributed by atoms with Crippen molar-refractivity contribution in [3.8, 4) is 17.2 Å². The van der Waals surface area contributed by atoms with Gasteiger partial charge in [-0.15, -0.1) is 0 Å². The van der Waals surface area contributed by atoms with E-state index in [0.29, 0.717) is 11.1 Å². The Morgan fingerprint density at radius 1 is 1.31 bits per heavy atom. The molecule has 0 aliphatic rings. The Morgan fingerprint density at radius 2 is 2.12 bits per heavy atom. The Hall–Kier alpha value is -1.63. The summed E-state index contributed by atoms with van der Waals surface area (Å²) in [6.45, 7) is 0. The number of aromatic nitrogens is 2. The number of rotatable bonds is 1. The molecule has 0 N–H and O–H groups in total. The standard InChI is InChI=1S/C11H5Cl2N3/c12-10-4-8(7-2-1-3-15-6-7)9(5-14)11(13)16-10/h1-4,6H. The molecule has 0 aliphatic carbocycles. The molecule has 2 aromatic rings. The second-order valence-electron chi connectivity index (χ2n) is 3.01. The van der Waals surface area contributed by atoms with Gasteiger partial charge in [0.1, 0.15) is 16.4 Å². The van der Waals surface area contributed by atoms with Crippen molar-refractivity contribution in [2.45, 2.75) is 0 Å². The molecule has 0 saturated heterocycles. The van der Waals surface area contributed by atoms with Gasteiger partial charge in [0.25, 0.3) is 0 Å². The number of nitriles is 1. The molecular weight excluding hydrogens is 245 g/mol. The highest BCUT2D eigenvalue weighted by Gasteiger charge is 2.11. The molecule has 0 aliphatic heterocycles. The smallest absolute Gasteiger partial charge is 0.149 e. The van der Waals surface area contributed by atoms with Gasteiger partial charge in [-0.25, -0.2) is 4.98 Å². The number of nitrogens with zero attached hydrogens (tertiary/aromatic N) is 3. The van der Waals surface area contributed by atoms with E-state index in [1.54, 1.807) is 24.5 Å². The fourth-order valence-corrected chi connectivity index (χ4v) is 1.81. The third-order valence-corrected chi connectivity index (χ3v) is 2.50. The largest absolute Gasteiger partial charge is 0.264 e. The van der Waals surface area contributed by atoms with E-state index >= 15 is 0 Å². The minimum absolute atomic E-state index is 0.105. The topological polar surface area (TPSA) is 49.6 Å². The van der Waals surface area contributed by atoms with E-state index in [-0.39, 0.29) is 10.3 Å². The second kappa shape index (κ2) is 4.48. The van der Waals surface area contributed by atoms with Crippen LogP contribution in [0.25, 0.3) is 11.1 Å². The summed E-state index contributed by atoms with van der Waals surface area (Å²) in [5.41, 5.74) is 1.73. The minimum Gasteiger partial charge on any atom is -0.264 e. The van der Waals surface area contributed by atoms with E-state index in [0.717, 1.165) is 5.56 Å². The zero-order chi connectivity index (χ0) is 11.5. The molecular formula is C11H5Cl2N3. The van der Waals surface area contributed by atoms with Crippen LogP contribution in [0.15, 0.2) is 30.6 Å². The molecule has 0 saturated carbocycles. The van der Waals surface area contributed by atoms with Gasteiger partial charge >= 0.3 is 0 Å². The van der Waals surface area contributed by atoms with Crippen LogP contribution in [0.4, 0.5) is 0 Å². The van der Waals surface area contributed by atoms with Crippen LogP contribution in [0.2, 0.25) is 10.3 Å². The summed E-state index contributed by atoms with van der Waals surface area (Å²) in [6, 6.07) is 7.21. The maximum atomic E-state index is 9.01. The van der Waals surface area contributed by atoms with E-state index in [1.165, 1.54) is 0 Å². The van der Waals surface area contributed by atoms with Gasteiger partial charge in [0, 0.05) is 23.5 Å². The van der Waals surface area contributed by atoms with Crippen molar-refractivity contribution in [3.63, 3.8) is 0 Å². The second-order valence-corrected chi connectivity index (χ2v) is 3.76. The van der Waals surface area contributed by atoms with Crippen LogP contribution in [-0.2, 0) is 0 Å². The average Bonchev–Trinajstić information content (AvgIpc) is 2.29. The first kappa shape index (κ1) is 10.9. The maximum absolute atomic E-state index is 9.01. The fraction of sp³-hybridized carbons (Fsp3) is 0. The van der Waals surface area contributed by atoms with Gasteiger partial charge in [-0.2, -0.15) is 5.26 Å². The van der Waals surface area contributed by atoms with Crippen LogP contribution in [0, 0.1) is 11.3 Å². The Labute approximate surface area is 102 Å². The normalized spacial score (nSPS) is 9.81. The van der Waals surface area contributed by atoms with Crippen LogP contribution < -0.4 is 0 Å². The molecule has 3 nitrogen and oxygen atoms in total. The van der Waals surface area contributed by atoms with E-state index in [2.05, 4.69) is 9.97 Å². The van der Waals surface area contributed by atoms with Crippen molar-refractivity contribution in [3.05, 3.63) is 46.5 Å². The number of halogens is 2. The predicted molar refractivity (Wildman–Crippen MR) is 62.2 cm³/mol. The lowest BCUT2D eigenvalue weighted by atomic mass is 10.0. The Morgan fingerprint density at radius 3 is 2.75 bits per heavy atom. The van der Waals surface area contributed by atoms with E-state index in [1.807, 2.05) is 12.1 Å². The van der Waals surface area contributed by atoms with Crippen LogP contribution in [-0.4, -0.2) is 9.97 Å². The molecule has 2 aromatic heterocycles. The first-order valence-electron chi connectivity index (χ1n) is 4.39. The number of hydrogen-bond acceptors (Lipinski definition) is 3. The highest BCUT2D eigenvalue weighted by Crippen LogP contribution is 2.29. The molecule has 0 atom stereocenters. The van der Waals surface area contributed by atoms with Crippen LogP contribution in [0.5, 0.6) is 0 Å². The van der Waals surface area contributed by atoms with E-state index in [9.17, 15) is 0 Å². The number of hydrogen-bond donors (Lipinski definition) is 0.